The lowest BCUT2D eigenvalue weighted by Crippen LogP contribution is -2.32. The summed E-state index contributed by atoms with van der Waals surface area (Å²) in [5.74, 6) is -1.01. The van der Waals surface area contributed by atoms with E-state index in [0.29, 0.717) is 34.3 Å². The van der Waals surface area contributed by atoms with Crippen LogP contribution in [0, 0.1) is 0 Å². The van der Waals surface area contributed by atoms with Gasteiger partial charge in [0.15, 0.2) is 5.65 Å². The smallest absolute Gasteiger partial charge is 0.339 e. The molecule has 1 fully saturated rings. The molecule has 0 atom stereocenters. The number of nitrogens with one attached hydrogen (secondary N) is 1. The Morgan fingerprint density at radius 2 is 2.20 bits per heavy atom. The number of carbonyl (C=O) groups excluding carboxylic acids is 1. The monoisotopic (exact) mass is 356 g/mol. The number of aromatic amines is 1. The first-order valence-electron chi connectivity index (χ1n) is 8.07. The molecular weight excluding hydrogens is 340 g/mol. The highest BCUT2D eigenvalue weighted by atomic mass is 32.1. The number of hydrogen-bond donors (Lipinski definition) is 2. The maximum absolute atomic E-state index is 12.6. The normalized spacial score (nSPS) is 14.0. The number of rotatable bonds is 5. The van der Waals surface area contributed by atoms with Crippen molar-refractivity contribution < 1.29 is 14.7 Å². The average Bonchev–Trinajstić information content (AvgIpc) is 3.15. The van der Waals surface area contributed by atoms with E-state index in [9.17, 15) is 14.7 Å². The van der Waals surface area contributed by atoms with Crippen LogP contribution in [0.2, 0.25) is 0 Å². The highest BCUT2D eigenvalue weighted by Crippen LogP contribution is 2.32. The zero-order valence-corrected chi connectivity index (χ0v) is 14.3. The molecule has 25 heavy (non-hydrogen) atoms. The Morgan fingerprint density at radius 1 is 1.40 bits per heavy atom. The Kier molecular flexibility index (Phi) is 3.76. The number of nitrogens with zero attached hydrogens (tertiary/aromatic N) is 3. The molecule has 3 aromatic rings. The lowest BCUT2D eigenvalue weighted by Gasteiger charge is -2.19. The van der Waals surface area contributed by atoms with Crippen molar-refractivity contribution in [1.82, 2.24) is 19.9 Å². The van der Waals surface area contributed by atoms with Gasteiger partial charge in [0.25, 0.3) is 5.91 Å². The summed E-state index contributed by atoms with van der Waals surface area (Å²) in [6.07, 6.45) is 5.12. The largest absolute Gasteiger partial charge is 0.478 e. The van der Waals surface area contributed by atoms with Gasteiger partial charge in [-0.25, -0.2) is 14.8 Å². The van der Waals surface area contributed by atoms with Crippen LogP contribution in [0.25, 0.3) is 21.7 Å². The Labute approximate surface area is 147 Å². The van der Waals surface area contributed by atoms with Gasteiger partial charge in [-0.2, -0.15) is 0 Å². The van der Waals surface area contributed by atoms with E-state index in [0.717, 1.165) is 17.7 Å². The zero-order chi connectivity index (χ0) is 17.6. The molecule has 1 saturated carbocycles. The van der Waals surface area contributed by atoms with Crippen molar-refractivity contribution in [3.63, 3.8) is 0 Å². The third-order valence-corrected chi connectivity index (χ3v) is 5.37. The fraction of sp³-hybridized carbons (Fsp3) is 0.294. The van der Waals surface area contributed by atoms with Gasteiger partial charge in [-0.05, 0) is 31.9 Å². The topological polar surface area (TPSA) is 99.2 Å². The van der Waals surface area contributed by atoms with E-state index in [1.54, 1.807) is 12.3 Å². The Balaban J connectivity index is 1.67. The van der Waals surface area contributed by atoms with Crippen LogP contribution in [0.4, 0.5) is 0 Å². The number of aromatic nitrogens is 3. The number of fused-ring (bicyclic) bond motifs is 1. The van der Waals surface area contributed by atoms with Crippen LogP contribution < -0.4 is 0 Å². The van der Waals surface area contributed by atoms with E-state index in [1.165, 1.54) is 17.5 Å². The molecule has 0 bridgehead atoms. The third kappa shape index (κ3) is 2.78. The van der Waals surface area contributed by atoms with Crippen LogP contribution in [0.5, 0.6) is 0 Å². The molecule has 8 heteroatoms. The minimum absolute atomic E-state index is 0.0446. The van der Waals surface area contributed by atoms with Crippen molar-refractivity contribution in [2.24, 2.45) is 0 Å². The van der Waals surface area contributed by atoms with Crippen LogP contribution in [-0.4, -0.2) is 49.4 Å². The lowest BCUT2D eigenvalue weighted by atomic mass is 10.3. The van der Waals surface area contributed by atoms with Crippen LogP contribution >= 0.6 is 11.3 Å². The molecule has 3 heterocycles. The zero-order valence-electron chi connectivity index (χ0n) is 13.5. The Bertz CT molecular complexity index is 973. The molecule has 0 aromatic carbocycles. The number of H-pyrrole nitrogens is 1. The lowest BCUT2D eigenvalue weighted by molar-refractivity contribution is 0.0697. The van der Waals surface area contributed by atoms with Crippen molar-refractivity contribution in [2.45, 2.75) is 25.8 Å². The predicted molar refractivity (Wildman–Crippen MR) is 93.9 cm³/mol. The summed E-state index contributed by atoms with van der Waals surface area (Å²) in [5, 5.41) is 9.22. The van der Waals surface area contributed by atoms with Crippen LogP contribution in [0.1, 0.15) is 39.8 Å². The standard InChI is InChI=1S/C17H16N4O3S/c1-2-21(9-3-4-9)16(22)13-6-5-12(25-13)11-8-19-15-14(20-11)10(7-18-15)17(23)24/h5-9H,2-4H2,1H3,(H,18,19)(H,23,24). The minimum Gasteiger partial charge on any atom is -0.478 e. The average molecular weight is 356 g/mol. The van der Waals surface area contributed by atoms with E-state index >= 15 is 0 Å². The van der Waals surface area contributed by atoms with E-state index in [-0.39, 0.29) is 11.5 Å². The molecule has 2 N–H and O–H groups in total. The summed E-state index contributed by atoms with van der Waals surface area (Å²) >= 11 is 1.36. The van der Waals surface area contributed by atoms with Crippen molar-refractivity contribution in [3.05, 3.63) is 35.0 Å². The number of aromatic carboxylic acids is 1. The molecule has 1 amide bonds. The van der Waals surface area contributed by atoms with E-state index in [1.807, 2.05) is 17.9 Å². The van der Waals surface area contributed by atoms with Crippen molar-refractivity contribution in [2.75, 3.05) is 6.54 Å². The maximum atomic E-state index is 12.6. The molecule has 4 rings (SSSR count). The molecule has 128 valence electrons. The third-order valence-electron chi connectivity index (χ3n) is 4.27. The second-order valence-corrected chi connectivity index (χ2v) is 7.03. The molecule has 0 saturated heterocycles. The fourth-order valence-corrected chi connectivity index (χ4v) is 3.78. The van der Waals surface area contributed by atoms with Gasteiger partial charge in [0.05, 0.1) is 21.6 Å². The maximum Gasteiger partial charge on any atom is 0.339 e. The number of thiophene rings is 1. The van der Waals surface area contributed by atoms with E-state index in [4.69, 9.17) is 0 Å². The first-order valence-corrected chi connectivity index (χ1v) is 8.88. The van der Waals surface area contributed by atoms with Gasteiger partial charge in [0.2, 0.25) is 0 Å². The number of carboxylic acids is 1. The van der Waals surface area contributed by atoms with Gasteiger partial charge in [0, 0.05) is 18.8 Å². The molecule has 1 aliphatic carbocycles. The fourth-order valence-electron chi connectivity index (χ4n) is 2.86. The van der Waals surface area contributed by atoms with Gasteiger partial charge in [-0.3, -0.25) is 4.79 Å². The molecule has 0 unspecified atom stereocenters. The molecular formula is C17H16N4O3S. The number of hydrogen-bond acceptors (Lipinski definition) is 5. The second kappa shape index (κ2) is 5.96. The first-order chi connectivity index (χ1) is 12.1. The molecule has 0 radical (unpaired) electrons. The number of amides is 1. The summed E-state index contributed by atoms with van der Waals surface area (Å²) in [6.45, 7) is 2.69. The van der Waals surface area contributed by atoms with Gasteiger partial charge in [0.1, 0.15) is 11.1 Å². The van der Waals surface area contributed by atoms with Gasteiger partial charge in [-0.1, -0.05) is 0 Å². The summed E-state index contributed by atoms with van der Waals surface area (Å²) in [5.41, 5.74) is 1.40. The Hall–Kier alpha value is -2.74. The highest BCUT2D eigenvalue weighted by Gasteiger charge is 2.32. The van der Waals surface area contributed by atoms with Crippen LogP contribution in [-0.2, 0) is 0 Å². The van der Waals surface area contributed by atoms with E-state index in [2.05, 4.69) is 15.0 Å². The van der Waals surface area contributed by atoms with Crippen LogP contribution in [0.15, 0.2) is 24.5 Å². The van der Waals surface area contributed by atoms with Crippen LogP contribution in [0.3, 0.4) is 0 Å². The Morgan fingerprint density at radius 3 is 2.88 bits per heavy atom. The molecule has 3 aromatic heterocycles. The predicted octanol–water partition coefficient (Wildman–Crippen LogP) is 3.01. The summed E-state index contributed by atoms with van der Waals surface area (Å²) in [4.78, 5) is 38.7. The van der Waals surface area contributed by atoms with Crippen molar-refractivity contribution >= 4 is 34.4 Å². The van der Waals surface area contributed by atoms with Crippen molar-refractivity contribution in [1.29, 1.82) is 0 Å². The highest BCUT2D eigenvalue weighted by molar-refractivity contribution is 7.17. The number of carbonyl (C=O) groups is 2. The van der Waals surface area contributed by atoms with E-state index < -0.39 is 5.97 Å². The van der Waals surface area contributed by atoms with Gasteiger partial charge in [-0.15, -0.1) is 11.3 Å². The molecule has 0 spiro atoms. The summed E-state index contributed by atoms with van der Waals surface area (Å²) in [6, 6.07) is 4.01. The molecule has 7 nitrogen and oxygen atoms in total. The first kappa shape index (κ1) is 15.8. The minimum atomic E-state index is -1.05. The SMILES string of the molecule is CCN(C(=O)c1ccc(-c2cnc3[nH]cc(C(=O)O)c3n2)s1)C1CC1. The quantitative estimate of drug-likeness (QED) is 0.732. The van der Waals surface area contributed by atoms with Crippen molar-refractivity contribution in [3.8, 4) is 10.6 Å². The number of carboxylic acid groups (broad SMARTS) is 1. The van der Waals surface area contributed by atoms with Gasteiger partial charge >= 0.3 is 5.97 Å². The summed E-state index contributed by atoms with van der Waals surface area (Å²) < 4.78 is 0. The molecule has 1 aliphatic rings. The second-order valence-electron chi connectivity index (χ2n) is 5.95. The molecule has 0 aliphatic heterocycles. The van der Waals surface area contributed by atoms with Gasteiger partial charge < -0.3 is 15.0 Å². The summed E-state index contributed by atoms with van der Waals surface area (Å²) in [7, 11) is 0.